The van der Waals surface area contributed by atoms with Gasteiger partial charge in [-0.3, -0.25) is 9.59 Å². The molecule has 0 saturated carbocycles. The van der Waals surface area contributed by atoms with Gasteiger partial charge >= 0.3 is 0 Å². The van der Waals surface area contributed by atoms with Gasteiger partial charge in [-0.15, -0.1) is 0 Å². The van der Waals surface area contributed by atoms with Gasteiger partial charge in [0.15, 0.2) is 28.8 Å². The molecule has 0 amide bonds. The Morgan fingerprint density at radius 3 is 2.42 bits per heavy atom. The second kappa shape index (κ2) is 3.13. The SMILES string of the molecule is O=C1C=C(O)C(=O)C(OI)=C1O. The predicted octanol–water partition coefficient (Wildman–Crippen LogP) is 0.716. The molecule has 0 saturated heterocycles. The van der Waals surface area contributed by atoms with Crippen LogP contribution in [0.1, 0.15) is 0 Å². The molecule has 1 aliphatic rings. The molecule has 1 aliphatic carbocycles. The number of halogens is 1. The zero-order valence-electron chi connectivity index (χ0n) is 5.57. The average molecular weight is 282 g/mol. The van der Waals surface area contributed by atoms with Gasteiger partial charge in [-0.25, -0.2) is 0 Å². The molecule has 0 aromatic rings. The molecule has 0 bridgehead atoms. The first-order chi connectivity index (χ1) is 5.57. The van der Waals surface area contributed by atoms with Crippen LogP contribution in [0.4, 0.5) is 0 Å². The van der Waals surface area contributed by atoms with Gasteiger partial charge in [-0.2, -0.15) is 0 Å². The Balaban J connectivity index is 3.17. The quantitative estimate of drug-likeness (QED) is 0.546. The first-order valence-corrected chi connectivity index (χ1v) is 3.67. The summed E-state index contributed by atoms with van der Waals surface area (Å²) in [6, 6.07) is 0. The molecule has 0 unspecified atom stereocenters. The smallest absolute Gasteiger partial charge is 0.267 e. The first-order valence-electron chi connectivity index (χ1n) is 2.79. The minimum absolute atomic E-state index is 0.541. The fourth-order valence-electron chi connectivity index (χ4n) is 0.665. The van der Waals surface area contributed by atoms with Gasteiger partial charge < -0.3 is 13.3 Å². The average Bonchev–Trinajstić information content (AvgIpc) is 2.02. The van der Waals surface area contributed by atoms with Crippen LogP contribution in [0.3, 0.4) is 0 Å². The minimum Gasteiger partial charge on any atom is -0.504 e. The number of hydrogen-bond acceptors (Lipinski definition) is 5. The van der Waals surface area contributed by atoms with Crippen LogP contribution in [-0.2, 0) is 12.7 Å². The summed E-state index contributed by atoms with van der Waals surface area (Å²) in [7, 11) is 0. The van der Waals surface area contributed by atoms with E-state index in [4.69, 9.17) is 10.2 Å². The molecule has 0 aromatic carbocycles. The van der Waals surface area contributed by atoms with E-state index in [1.165, 1.54) is 23.0 Å². The third-order valence-corrected chi connectivity index (χ3v) is 1.67. The van der Waals surface area contributed by atoms with Crippen molar-refractivity contribution in [3.05, 3.63) is 23.4 Å². The maximum atomic E-state index is 10.9. The largest absolute Gasteiger partial charge is 0.504 e. The van der Waals surface area contributed by atoms with Crippen molar-refractivity contribution in [2.45, 2.75) is 0 Å². The summed E-state index contributed by atoms with van der Waals surface area (Å²) in [5.74, 6) is -3.81. The van der Waals surface area contributed by atoms with Gasteiger partial charge in [0.05, 0.1) is 0 Å². The van der Waals surface area contributed by atoms with Gasteiger partial charge in [0.2, 0.25) is 17.3 Å². The standard InChI is InChI=1S/C6H3IO5/c7-12-6-4(10)2(8)1-3(9)5(6)11/h1,8,11H. The zero-order chi connectivity index (χ0) is 9.30. The Labute approximate surface area is 81.0 Å². The van der Waals surface area contributed by atoms with Crippen LogP contribution in [0, 0.1) is 0 Å². The van der Waals surface area contributed by atoms with E-state index in [1.54, 1.807) is 0 Å². The predicted molar refractivity (Wildman–Crippen MR) is 45.5 cm³/mol. The highest BCUT2D eigenvalue weighted by atomic mass is 127. The number of carbonyl (C=O) groups is 2. The Hall–Kier alpha value is -1.05. The maximum absolute atomic E-state index is 10.9. The van der Waals surface area contributed by atoms with E-state index in [9.17, 15) is 9.59 Å². The fraction of sp³-hybridized carbons (Fsp3) is 0. The Morgan fingerprint density at radius 1 is 1.33 bits per heavy atom. The molecule has 1 rings (SSSR count). The summed E-state index contributed by atoms with van der Waals surface area (Å²) < 4.78 is 4.38. The Bertz CT molecular complexity index is 314. The van der Waals surface area contributed by atoms with E-state index < -0.39 is 28.8 Å². The molecule has 2 N–H and O–H groups in total. The molecule has 6 heteroatoms. The van der Waals surface area contributed by atoms with Gasteiger partial charge in [-0.1, -0.05) is 0 Å². The Morgan fingerprint density at radius 2 is 1.92 bits per heavy atom. The van der Waals surface area contributed by atoms with Crippen LogP contribution < -0.4 is 0 Å². The summed E-state index contributed by atoms with van der Waals surface area (Å²) in [6.45, 7) is 0. The van der Waals surface area contributed by atoms with Gasteiger partial charge in [0.1, 0.15) is 0 Å². The normalized spacial score (nSPS) is 17.9. The van der Waals surface area contributed by atoms with E-state index in [-0.39, 0.29) is 0 Å². The number of carbonyl (C=O) groups excluding carboxylic acids is 2. The van der Waals surface area contributed by atoms with Crippen molar-refractivity contribution in [2.75, 3.05) is 0 Å². The lowest BCUT2D eigenvalue weighted by atomic mass is 10.1. The van der Waals surface area contributed by atoms with Gasteiger partial charge in [0.25, 0.3) is 5.78 Å². The number of ketones is 2. The molecule has 0 radical (unpaired) electrons. The topological polar surface area (TPSA) is 83.8 Å². The lowest BCUT2D eigenvalue weighted by Gasteiger charge is -2.08. The molecule has 0 heterocycles. The van der Waals surface area contributed by atoms with Crippen LogP contribution in [-0.4, -0.2) is 21.8 Å². The molecular formula is C6H3IO5. The molecular weight excluding hydrogens is 279 g/mol. The fourth-order valence-corrected chi connectivity index (χ4v) is 1.07. The van der Waals surface area contributed by atoms with Crippen molar-refractivity contribution in [3.8, 4) is 0 Å². The van der Waals surface area contributed by atoms with Crippen molar-refractivity contribution in [1.29, 1.82) is 0 Å². The molecule has 12 heavy (non-hydrogen) atoms. The van der Waals surface area contributed by atoms with E-state index in [1.807, 2.05) is 0 Å². The highest BCUT2D eigenvalue weighted by Gasteiger charge is 2.29. The van der Waals surface area contributed by atoms with E-state index in [0.29, 0.717) is 6.08 Å². The van der Waals surface area contributed by atoms with Gasteiger partial charge in [0, 0.05) is 6.08 Å². The summed E-state index contributed by atoms with van der Waals surface area (Å²) in [4.78, 5) is 21.6. The van der Waals surface area contributed by atoms with Crippen molar-refractivity contribution in [2.24, 2.45) is 0 Å². The molecule has 0 aromatic heterocycles. The van der Waals surface area contributed by atoms with Crippen LogP contribution in [0.5, 0.6) is 0 Å². The summed E-state index contributed by atoms with van der Waals surface area (Å²) in [6.07, 6.45) is 0.636. The van der Waals surface area contributed by atoms with Crippen molar-refractivity contribution < 1.29 is 22.9 Å². The molecule has 0 fully saturated rings. The van der Waals surface area contributed by atoms with Crippen molar-refractivity contribution in [3.63, 3.8) is 0 Å². The van der Waals surface area contributed by atoms with Crippen molar-refractivity contribution >= 4 is 34.6 Å². The number of hydrogen-bond donors (Lipinski definition) is 2. The van der Waals surface area contributed by atoms with E-state index >= 15 is 0 Å². The molecule has 64 valence electrons. The lowest BCUT2D eigenvalue weighted by Crippen LogP contribution is -2.19. The summed E-state index contributed by atoms with van der Waals surface area (Å²) in [5, 5.41) is 17.8. The number of Topliss-reactive ketones (excluding diaryl/α,β-unsaturated/α-hetero) is 1. The zero-order valence-corrected chi connectivity index (χ0v) is 7.73. The van der Waals surface area contributed by atoms with Crippen LogP contribution in [0.2, 0.25) is 0 Å². The third-order valence-electron chi connectivity index (χ3n) is 1.23. The number of allylic oxidation sites excluding steroid dienone is 1. The monoisotopic (exact) mass is 282 g/mol. The van der Waals surface area contributed by atoms with Crippen LogP contribution >= 0.6 is 23.0 Å². The first kappa shape index (κ1) is 9.04. The minimum atomic E-state index is -0.901. The number of rotatable bonds is 1. The lowest BCUT2D eigenvalue weighted by molar-refractivity contribution is -0.120. The second-order valence-electron chi connectivity index (χ2n) is 1.98. The Kier molecular flexibility index (Phi) is 2.36. The number of aliphatic hydroxyl groups excluding tert-OH is 2. The highest BCUT2D eigenvalue weighted by Crippen LogP contribution is 2.18. The molecule has 0 aliphatic heterocycles. The third kappa shape index (κ3) is 1.29. The van der Waals surface area contributed by atoms with Crippen LogP contribution in [0.15, 0.2) is 23.4 Å². The highest BCUT2D eigenvalue weighted by molar-refractivity contribution is 14.1. The molecule has 0 atom stereocenters. The van der Waals surface area contributed by atoms with Crippen LogP contribution in [0.25, 0.3) is 0 Å². The summed E-state index contributed by atoms with van der Waals surface area (Å²) >= 11 is 1.33. The number of aliphatic hydroxyl groups is 2. The maximum Gasteiger partial charge on any atom is 0.267 e. The van der Waals surface area contributed by atoms with E-state index in [0.717, 1.165) is 0 Å². The van der Waals surface area contributed by atoms with Crippen molar-refractivity contribution in [1.82, 2.24) is 0 Å². The molecule has 0 spiro atoms. The van der Waals surface area contributed by atoms with Gasteiger partial charge in [-0.05, 0) is 0 Å². The van der Waals surface area contributed by atoms with E-state index in [2.05, 4.69) is 3.07 Å². The second-order valence-corrected chi connectivity index (χ2v) is 2.42. The molecule has 5 nitrogen and oxygen atoms in total. The summed E-state index contributed by atoms with van der Waals surface area (Å²) in [5.41, 5.74) is 0.